The minimum atomic E-state index is -1.29. The monoisotopic (exact) mass is 537 g/mol. The van der Waals surface area contributed by atoms with Gasteiger partial charge < -0.3 is 19.3 Å². The molecule has 0 spiro atoms. The van der Waals surface area contributed by atoms with Crippen LogP contribution in [0.5, 0.6) is 0 Å². The highest BCUT2D eigenvalue weighted by Gasteiger charge is 2.44. The quantitative estimate of drug-likeness (QED) is 0.570. The number of benzene rings is 2. The van der Waals surface area contributed by atoms with Gasteiger partial charge >= 0.3 is 6.09 Å². The normalized spacial score (nSPS) is 24.9. The van der Waals surface area contributed by atoms with Crippen molar-refractivity contribution in [3.8, 4) is 0 Å². The van der Waals surface area contributed by atoms with E-state index in [0.717, 1.165) is 30.5 Å². The van der Waals surface area contributed by atoms with Crippen molar-refractivity contribution in [1.29, 1.82) is 0 Å². The zero-order valence-corrected chi connectivity index (χ0v) is 23.6. The Hall–Kier alpha value is -2.87. The minimum absolute atomic E-state index is 0.0557. The molecule has 1 saturated heterocycles. The van der Waals surface area contributed by atoms with Crippen LogP contribution in [-0.4, -0.2) is 63.0 Å². The molecule has 2 aliphatic heterocycles. The molecule has 3 aliphatic rings. The van der Waals surface area contributed by atoms with E-state index in [-0.39, 0.29) is 35.6 Å². The molecule has 7 nitrogen and oxygen atoms in total. The first-order chi connectivity index (χ1) is 18.1. The Bertz CT molecular complexity index is 1220. The number of nitrogens with one attached hydrogen (secondary N) is 1. The van der Waals surface area contributed by atoms with Gasteiger partial charge in [0.15, 0.2) is 0 Å². The summed E-state index contributed by atoms with van der Waals surface area (Å²) in [6.45, 7) is 9.56. The first-order valence-electron chi connectivity index (χ1n) is 13.7. The van der Waals surface area contributed by atoms with E-state index in [9.17, 15) is 13.8 Å². The third-order valence-corrected chi connectivity index (χ3v) is 8.93. The van der Waals surface area contributed by atoms with E-state index in [1.54, 1.807) is 0 Å². The van der Waals surface area contributed by atoms with Crippen LogP contribution in [0.25, 0.3) is 0 Å². The average molecular weight is 538 g/mol. The van der Waals surface area contributed by atoms with Gasteiger partial charge in [0.1, 0.15) is 16.6 Å². The van der Waals surface area contributed by atoms with Crippen LogP contribution in [0.2, 0.25) is 0 Å². The van der Waals surface area contributed by atoms with E-state index < -0.39 is 22.5 Å². The third-order valence-electron chi connectivity index (χ3n) is 7.85. The van der Waals surface area contributed by atoms with Gasteiger partial charge in [-0.15, -0.1) is 0 Å². The summed E-state index contributed by atoms with van der Waals surface area (Å²) in [6.07, 6.45) is 2.55. The molecule has 0 radical (unpaired) electrons. The number of amides is 2. The molecule has 2 unspecified atom stereocenters. The summed E-state index contributed by atoms with van der Waals surface area (Å²) in [5.41, 5.74) is 3.65. The molecule has 4 atom stereocenters. The molecular formula is C30H39N3O4S. The number of hydrogen-bond acceptors (Lipinski definition) is 4. The van der Waals surface area contributed by atoms with Crippen LogP contribution < -0.4 is 4.72 Å². The van der Waals surface area contributed by atoms with Crippen LogP contribution in [0, 0.1) is 18.8 Å². The number of aryl methyl sites for hydroxylation is 1. The molecule has 1 N–H and O–H groups in total. The van der Waals surface area contributed by atoms with Crippen molar-refractivity contribution in [2.24, 2.45) is 11.8 Å². The standard InChI is InChI=1S/C30H39N3O4S/c1-20-9-5-6-10-21(20)15-22-16-32(29(35)37-30(2,3)4)17-23(22)18-33(24-13-14-24)28(34)26-19-38(36)31-27-12-8-7-11-25(26)27/h5-12,22-24,26,31H,13-19H2,1-4H3/t22-,23+,26?,38?/m1/s1. The lowest BCUT2D eigenvalue weighted by atomic mass is 9.87. The number of likely N-dealkylation sites (tertiary alicyclic amines) is 1. The predicted molar refractivity (Wildman–Crippen MR) is 150 cm³/mol. The van der Waals surface area contributed by atoms with Gasteiger partial charge in [-0.2, -0.15) is 0 Å². The first-order valence-corrected chi connectivity index (χ1v) is 15.0. The van der Waals surface area contributed by atoms with Crippen LogP contribution in [0.4, 0.5) is 10.5 Å². The van der Waals surface area contributed by atoms with Crippen molar-refractivity contribution in [3.05, 3.63) is 65.2 Å². The van der Waals surface area contributed by atoms with Crippen LogP contribution >= 0.6 is 0 Å². The second-order valence-electron chi connectivity index (χ2n) is 12.0. The van der Waals surface area contributed by atoms with Gasteiger partial charge in [0, 0.05) is 25.7 Å². The number of carbonyl (C=O) groups excluding carboxylic acids is 2. The van der Waals surface area contributed by atoms with Gasteiger partial charge in [-0.25, -0.2) is 9.00 Å². The van der Waals surface area contributed by atoms with Crippen molar-refractivity contribution in [1.82, 2.24) is 9.80 Å². The Morgan fingerprint density at radius 1 is 1.05 bits per heavy atom. The van der Waals surface area contributed by atoms with Crippen molar-refractivity contribution in [2.75, 3.05) is 30.1 Å². The van der Waals surface area contributed by atoms with Gasteiger partial charge in [0.2, 0.25) is 5.91 Å². The van der Waals surface area contributed by atoms with E-state index in [1.807, 2.05) is 60.9 Å². The lowest BCUT2D eigenvalue weighted by Gasteiger charge is -2.33. The molecule has 0 aromatic heterocycles. The highest BCUT2D eigenvalue weighted by molar-refractivity contribution is 7.86. The van der Waals surface area contributed by atoms with Gasteiger partial charge in [0.25, 0.3) is 0 Å². The Balaban J connectivity index is 1.39. The molecule has 5 rings (SSSR count). The fraction of sp³-hybridized carbons (Fsp3) is 0.533. The van der Waals surface area contributed by atoms with Crippen LogP contribution in [0.3, 0.4) is 0 Å². The van der Waals surface area contributed by atoms with Gasteiger partial charge in [-0.3, -0.25) is 4.79 Å². The number of nitrogens with zero attached hydrogens (tertiary/aromatic N) is 2. The third kappa shape index (κ3) is 6.06. The van der Waals surface area contributed by atoms with Crippen LogP contribution in [0.1, 0.15) is 56.2 Å². The van der Waals surface area contributed by atoms with Crippen molar-refractivity contribution in [3.63, 3.8) is 0 Å². The van der Waals surface area contributed by atoms with Crippen LogP contribution in [-0.2, 0) is 26.9 Å². The number of fused-ring (bicyclic) bond motifs is 1. The number of ether oxygens (including phenoxy) is 1. The maximum atomic E-state index is 14.1. The van der Waals surface area contributed by atoms with E-state index in [4.69, 9.17) is 4.74 Å². The second-order valence-corrected chi connectivity index (χ2v) is 13.2. The largest absolute Gasteiger partial charge is 0.444 e. The Labute approximate surface area is 228 Å². The van der Waals surface area contributed by atoms with E-state index in [1.165, 1.54) is 11.1 Å². The Kier molecular flexibility index (Phi) is 7.54. The summed E-state index contributed by atoms with van der Waals surface area (Å²) >= 11 is 0. The topological polar surface area (TPSA) is 79.0 Å². The lowest BCUT2D eigenvalue weighted by Crippen LogP contribution is -2.44. The molecule has 8 heteroatoms. The maximum Gasteiger partial charge on any atom is 0.410 e. The molecule has 2 heterocycles. The first kappa shape index (κ1) is 26.7. The Morgan fingerprint density at radius 3 is 2.45 bits per heavy atom. The van der Waals surface area contributed by atoms with Crippen molar-refractivity contribution < 1.29 is 18.5 Å². The highest BCUT2D eigenvalue weighted by Crippen LogP contribution is 2.38. The summed E-state index contributed by atoms with van der Waals surface area (Å²) in [5, 5.41) is 0. The smallest absolute Gasteiger partial charge is 0.410 e. The molecule has 1 saturated carbocycles. The summed E-state index contributed by atoms with van der Waals surface area (Å²) in [5.74, 6) is 0.258. The molecule has 2 aromatic carbocycles. The lowest BCUT2D eigenvalue weighted by molar-refractivity contribution is -0.133. The average Bonchev–Trinajstić information content (AvgIpc) is 3.62. The van der Waals surface area contributed by atoms with Crippen molar-refractivity contribution >= 4 is 28.7 Å². The molecule has 1 aliphatic carbocycles. The second kappa shape index (κ2) is 10.7. The number of hydrogen-bond donors (Lipinski definition) is 1. The Morgan fingerprint density at radius 2 is 1.74 bits per heavy atom. The fourth-order valence-electron chi connectivity index (χ4n) is 5.74. The molecule has 2 aromatic rings. The fourth-order valence-corrected chi connectivity index (χ4v) is 6.87. The predicted octanol–water partition coefficient (Wildman–Crippen LogP) is 4.88. The maximum absolute atomic E-state index is 14.1. The molecule has 2 amide bonds. The zero-order chi connectivity index (χ0) is 27.0. The molecular weight excluding hydrogens is 498 g/mol. The van der Waals surface area contributed by atoms with Crippen molar-refractivity contribution in [2.45, 2.75) is 64.5 Å². The number of carbonyl (C=O) groups is 2. The molecule has 0 bridgehead atoms. The van der Waals surface area contributed by atoms with Crippen LogP contribution in [0.15, 0.2) is 48.5 Å². The summed E-state index contributed by atoms with van der Waals surface area (Å²) in [7, 11) is -1.29. The molecule has 2 fully saturated rings. The summed E-state index contributed by atoms with van der Waals surface area (Å²) < 4.78 is 21.3. The van der Waals surface area contributed by atoms with Gasteiger partial charge in [-0.1, -0.05) is 42.5 Å². The molecule has 38 heavy (non-hydrogen) atoms. The molecule has 204 valence electrons. The SMILES string of the molecule is Cc1ccccc1C[C@@H]1CN(C(=O)OC(C)(C)C)C[C@H]1CN(C(=O)C1CS(=O)Nc2ccccc21)C1CC1. The van der Waals surface area contributed by atoms with E-state index >= 15 is 0 Å². The van der Waals surface area contributed by atoms with E-state index in [2.05, 4.69) is 29.8 Å². The van der Waals surface area contributed by atoms with Gasteiger partial charge in [-0.05, 0) is 81.5 Å². The summed E-state index contributed by atoms with van der Waals surface area (Å²) in [4.78, 5) is 31.0. The summed E-state index contributed by atoms with van der Waals surface area (Å²) in [6, 6.07) is 16.3. The minimum Gasteiger partial charge on any atom is -0.444 e. The highest BCUT2D eigenvalue weighted by atomic mass is 32.2. The number of anilines is 1. The zero-order valence-electron chi connectivity index (χ0n) is 22.8. The van der Waals surface area contributed by atoms with E-state index in [0.29, 0.717) is 19.6 Å². The number of para-hydroxylation sites is 1. The number of rotatable bonds is 6. The van der Waals surface area contributed by atoms with Gasteiger partial charge in [0.05, 0.1) is 17.4 Å².